The number of rotatable bonds is 5. The molecular weight excluding hydrogens is 541 g/mol. The van der Waals surface area contributed by atoms with E-state index >= 15 is 0 Å². The van der Waals surface area contributed by atoms with Crippen LogP contribution in [0, 0.1) is 56.3 Å². The average Bonchev–Trinajstić information content (AvgIpc) is 2.91. The van der Waals surface area contributed by atoms with Crippen LogP contribution < -0.4 is 10.6 Å². The lowest BCUT2D eigenvalue weighted by Gasteiger charge is -2.49. The molecule has 0 aliphatic heterocycles. The van der Waals surface area contributed by atoms with Gasteiger partial charge in [-0.1, -0.05) is 53.6 Å². The zero-order chi connectivity index (χ0) is 30.8. The molecule has 5 rings (SSSR count). The van der Waals surface area contributed by atoms with Gasteiger partial charge in [-0.3, -0.25) is 19.2 Å². The number of alkyl halides is 3. The maximum absolute atomic E-state index is 13.1. The third-order valence-electron chi connectivity index (χ3n) is 7.81. The van der Waals surface area contributed by atoms with Crippen LogP contribution in [-0.2, 0) is 25.4 Å². The average molecular weight is 575 g/mol. The Kier molecular flexibility index (Phi) is 9.30. The van der Waals surface area contributed by atoms with Crippen molar-refractivity contribution in [3.8, 4) is 11.1 Å². The number of carbonyl (C=O) groups is 4. The van der Waals surface area contributed by atoms with Crippen LogP contribution in [0.25, 0.3) is 11.1 Å². The summed E-state index contributed by atoms with van der Waals surface area (Å²) in [6.45, 7) is 5.43. The summed E-state index contributed by atoms with van der Waals surface area (Å²) in [5, 5.41) is 23.7. The van der Waals surface area contributed by atoms with Gasteiger partial charge in [-0.25, -0.2) is 0 Å². The van der Waals surface area contributed by atoms with Gasteiger partial charge in [0.2, 0.25) is 11.8 Å². The van der Waals surface area contributed by atoms with Crippen molar-refractivity contribution < 1.29 is 42.6 Å². The van der Waals surface area contributed by atoms with Crippen molar-refractivity contribution in [1.82, 2.24) is 10.6 Å². The Morgan fingerprint density at radius 1 is 0.683 bits per heavy atom. The fourth-order valence-electron chi connectivity index (χ4n) is 6.03. The van der Waals surface area contributed by atoms with E-state index in [4.69, 9.17) is 0 Å². The van der Waals surface area contributed by atoms with Gasteiger partial charge in [-0.05, 0) is 43.5 Å². The summed E-state index contributed by atoms with van der Waals surface area (Å²) in [6.07, 6.45) is -1.22. The van der Waals surface area contributed by atoms with Crippen molar-refractivity contribution in [1.29, 1.82) is 0 Å². The molecule has 220 valence electrons. The molecule has 0 radical (unpaired) electrons. The summed E-state index contributed by atoms with van der Waals surface area (Å²) >= 11 is 0. The first kappa shape index (κ1) is 31.4. The molecule has 3 aliphatic carbocycles. The summed E-state index contributed by atoms with van der Waals surface area (Å²) in [6, 6.07) is 9.95. The first-order valence-corrected chi connectivity index (χ1v) is 13.0. The monoisotopic (exact) mass is 574 g/mol. The number of aliphatic carboxylic acids is 2. The number of amides is 2. The molecule has 1 saturated carbocycles. The number of halogens is 3. The molecule has 0 aromatic heterocycles. The second kappa shape index (κ2) is 12.2. The van der Waals surface area contributed by atoms with Crippen LogP contribution in [0.4, 0.5) is 13.2 Å². The predicted octanol–water partition coefficient (Wildman–Crippen LogP) is 4.23. The third kappa shape index (κ3) is 6.28. The van der Waals surface area contributed by atoms with Gasteiger partial charge in [-0.2, -0.15) is 13.2 Å². The van der Waals surface area contributed by atoms with Crippen molar-refractivity contribution in [2.24, 2.45) is 35.5 Å². The SMILES string of the molecule is CNC(=O)C1C2C=CC(C1C(=O)O)C(C(=O)O)C2C(=O)NC.Cc1ccc(-c2ccc(C)cc2C(F)(F)F)c(C)c1. The zero-order valence-electron chi connectivity index (χ0n) is 23.2. The van der Waals surface area contributed by atoms with Crippen molar-refractivity contribution in [3.05, 3.63) is 70.8 Å². The normalized spacial score (nSPS) is 24.6. The van der Waals surface area contributed by atoms with Gasteiger partial charge in [-0.15, -0.1) is 0 Å². The number of carboxylic acids is 2. The van der Waals surface area contributed by atoms with Crippen LogP contribution in [0.2, 0.25) is 0 Å². The number of allylic oxidation sites excluding steroid dienone is 2. The fourth-order valence-corrected chi connectivity index (χ4v) is 6.03. The highest BCUT2D eigenvalue weighted by molar-refractivity contribution is 5.92. The molecule has 0 saturated heterocycles. The minimum absolute atomic E-state index is 0.246. The van der Waals surface area contributed by atoms with Crippen molar-refractivity contribution in [2.45, 2.75) is 26.9 Å². The Morgan fingerprint density at radius 3 is 1.49 bits per heavy atom. The van der Waals surface area contributed by atoms with E-state index < -0.39 is 71.0 Å². The number of hydrogen-bond acceptors (Lipinski definition) is 4. The smallest absolute Gasteiger partial charge is 0.417 e. The maximum atomic E-state index is 13.1. The van der Waals surface area contributed by atoms with E-state index in [9.17, 15) is 42.6 Å². The van der Waals surface area contributed by atoms with Crippen LogP contribution in [0.1, 0.15) is 22.3 Å². The van der Waals surface area contributed by atoms with E-state index in [1.165, 1.54) is 26.2 Å². The second-order valence-corrected chi connectivity index (χ2v) is 10.4. The Bertz CT molecular complexity index is 1340. The molecule has 4 atom stereocenters. The predicted molar refractivity (Wildman–Crippen MR) is 145 cm³/mol. The van der Waals surface area contributed by atoms with Crippen molar-refractivity contribution in [3.63, 3.8) is 0 Å². The van der Waals surface area contributed by atoms with Crippen LogP contribution in [0.15, 0.2) is 48.6 Å². The number of fused-ring (bicyclic) bond motifs is 2. The first-order valence-electron chi connectivity index (χ1n) is 13.0. The Balaban J connectivity index is 0.000000228. The quantitative estimate of drug-likeness (QED) is 0.395. The highest BCUT2D eigenvalue weighted by Gasteiger charge is 2.60. The Labute approximate surface area is 235 Å². The van der Waals surface area contributed by atoms with Gasteiger partial charge < -0.3 is 20.8 Å². The summed E-state index contributed by atoms with van der Waals surface area (Å²) in [5.74, 6) is -9.34. The lowest BCUT2D eigenvalue weighted by atomic mass is 9.52. The van der Waals surface area contributed by atoms with Crippen LogP contribution >= 0.6 is 0 Å². The summed E-state index contributed by atoms with van der Waals surface area (Å²) in [5.41, 5.74) is 2.82. The number of aryl methyl sites for hydroxylation is 3. The fraction of sp³-hybridized carbons (Fsp3) is 0.400. The van der Waals surface area contributed by atoms with Crippen molar-refractivity contribution >= 4 is 23.8 Å². The zero-order valence-corrected chi connectivity index (χ0v) is 23.2. The van der Waals surface area contributed by atoms with E-state index in [0.717, 1.165) is 11.1 Å². The van der Waals surface area contributed by atoms with Gasteiger partial charge in [0.25, 0.3) is 0 Å². The molecule has 41 heavy (non-hydrogen) atoms. The highest BCUT2D eigenvalue weighted by atomic mass is 19.4. The molecule has 1 fully saturated rings. The molecule has 8 nitrogen and oxygen atoms in total. The van der Waals surface area contributed by atoms with Gasteiger partial charge in [0, 0.05) is 25.9 Å². The Morgan fingerprint density at radius 2 is 1.10 bits per heavy atom. The highest BCUT2D eigenvalue weighted by Crippen LogP contribution is 2.51. The topological polar surface area (TPSA) is 133 Å². The second-order valence-electron chi connectivity index (χ2n) is 10.4. The summed E-state index contributed by atoms with van der Waals surface area (Å²) in [7, 11) is 2.77. The van der Waals surface area contributed by atoms with Crippen LogP contribution in [-0.4, -0.2) is 48.1 Å². The standard InChI is InChI=1S/C16H15F3.C14H18N2O6/c1-10-4-6-13(12(3)8-10)14-7-5-11(2)9-15(14)16(17,18)19;1-15-11(17)7-5-3-4-6(9(7)13(19)20)10(14(21)22)8(5)12(18)16-2/h4-9H,1-3H3;3-10H,1-2H3,(H,15,17)(H,16,18)(H,19,20)(H,21,22). The minimum Gasteiger partial charge on any atom is -0.481 e. The molecule has 0 heterocycles. The van der Waals surface area contributed by atoms with E-state index in [1.807, 2.05) is 26.0 Å². The molecule has 2 aromatic rings. The molecule has 3 aliphatic rings. The third-order valence-corrected chi connectivity index (χ3v) is 7.81. The van der Waals surface area contributed by atoms with Gasteiger partial charge in [0.1, 0.15) is 0 Å². The first-order chi connectivity index (χ1) is 19.1. The molecule has 2 aromatic carbocycles. The molecular formula is C30H33F3N2O6. The lowest BCUT2D eigenvalue weighted by Crippen LogP contribution is -2.60. The maximum Gasteiger partial charge on any atom is 0.417 e. The van der Waals surface area contributed by atoms with E-state index in [1.54, 1.807) is 31.2 Å². The Hall–Kier alpha value is -4.15. The molecule has 2 amide bonds. The van der Waals surface area contributed by atoms with Crippen LogP contribution in [0.3, 0.4) is 0 Å². The van der Waals surface area contributed by atoms with E-state index in [0.29, 0.717) is 11.1 Å². The molecule has 4 N–H and O–H groups in total. The van der Waals surface area contributed by atoms with Gasteiger partial charge in [0.15, 0.2) is 0 Å². The molecule has 2 bridgehead atoms. The number of benzene rings is 2. The largest absolute Gasteiger partial charge is 0.481 e. The van der Waals surface area contributed by atoms with Crippen molar-refractivity contribution in [2.75, 3.05) is 14.1 Å². The van der Waals surface area contributed by atoms with E-state index in [-0.39, 0.29) is 5.56 Å². The summed E-state index contributed by atoms with van der Waals surface area (Å²) < 4.78 is 39.4. The number of carboxylic acid groups (broad SMARTS) is 2. The number of carbonyl (C=O) groups excluding carboxylic acids is 2. The van der Waals surface area contributed by atoms with Gasteiger partial charge >= 0.3 is 18.1 Å². The number of nitrogens with one attached hydrogen (secondary N) is 2. The van der Waals surface area contributed by atoms with E-state index in [2.05, 4.69) is 10.6 Å². The van der Waals surface area contributed by atoms with Gasteiger partial charge in [0.05, 0.1) is 29.2 Å². The lowest BCUT2D eigenvalue weighted by molar-refractivity contribution is -0.168. The molecule has 4 unspecified atom stereocenters. The molecule has 0 spiro atoms. The molecule has 11 heteroatoms. The van der Waals surface area contributed by atoms with Crippen LogP contribution in [0.5, 0.6) is 0 Å². The minimum atomic E-state index is -4.33. The summed E-state index contributed by atoms with van der Waals surface area (Å²) in [4.78, 5) is 47.4. The number of hydrogen-bond donors (Lipinski definition) is 4.